The average Bonchev–Trinajstić information content (AvgIpc) is 2.55. The number of aliphatic hydroxyl groups is 1. The van der Waals surface area contributed by atoms with Crippen LogP contribution in [0.5, 0.6) is 0 Å². The molecule has 5 heteroatoms. The Morgan fingerprint density at radius 3 is 2.55 bits per heavy atom. The Morgan fingerprint density at radius 2 is 1.91 bits per heavy atom. The summed E-state index contributed by atoms with van der Waals surface area (Å²) in [5, 5.41) is 18.0. The van der Waals surface area contributed by atoms with Crippen LogP contribution in [0.3, 0.4) is 0 Å². The predicted molar refractivity (Wildman–Crippen MR) is 85.8 cm³/mol. The van der Waals surface area contributed by atoms with Gasteiger partial charge in [-0.15, -0.1) is 0 Å². The largest absolute Gasteiger partial charge is 0.395 e. The van der Waals surface area contributed by atoms with E-state index in [-0.39, 0.29) is 12.5 Å². The van der Waals surface area contributed by atoms with Gasteiger partial charge in [0.1, 0.15) is 6.07 Å². The van der Waals surface area contributed by atoms with E-state index in [2.05, 4.69) is 6.07 Å². The van der Waals surface area contributed by atoms with Gasteiger partial charge in [-0.25, -0.2) is 0 Å². The monoisotopic (exact) mass is 312 g/mol. The van der Waals surface area contributed by atoms with E-state index >= 15 is 0 Å². The summed E-state index contributed by atoms with van der Waals surface area (Å²) in [7, 11) is 1.66. The molecule has 0 spiro atoms. The van der Waals surface area contributed by atoms with E-state index in [9.17, 15) is 4.79 Å². The minimum absolute atomic E-state index is 0.0544. The first-order valence-corrected chi connectivity index (χ1v) is 7.60. The molecule has 0 saturated heterocycles. The van der Waals surface area contributed by atoms with Crippen LogP contribution in [0.4, 0.5) is 0 Å². The molecular weight excluding hydrogens is 296 g/mol. The second kappa shape index (κ2) is 7.64. The molecular formula is C17H16N2O2S. The molecule has 0 fully saturated rings. The molecule has 1 amide bonds. The Bertz CT molecular complexity index is 693. The molecule has 0 bridgehead atoms. The molecule has 0 aromatic heterocycles. The van der Waals surface area contributed by atoms with Gasteiger partial charge >= 0.3 is 0 Å². The lowest BCUT2D eigenvalue weighted by Gasteiger charge is -2.15. The van der Waals surface area contributed by atoms with Gasteiger partial charge in [0.15, 0.2) is 0 Å². The van der Waals surface area contributed by atoms with E-state index in [1.807, 2.05) is 30.3 Å². The van der Waals surface area contributed by atoms with Crippen LogP contribution in [0.25, 0.3) is 0 Å². The highest BCUT2D eigenvalue weighted by Gasteiger charge is 2.11. The standard InChI is InChI=1S/C17H16N2O2S/c1-19(10-11-20)17(21)13-6-8-15(9-7-13)22-16-5-3-2-4-14(16)12-18/h2-9,20H,10-11H2,1H3. The Labute approximate surface area is 134 Å². The molecule has 22 heavy (non-hydrogen) atoms. The third-order valence-electron chi connectivity index (χ3n) is 3.12. The number of hydrogen-bond acceptors (Lipinski definition) is 4. The van der Waals surface area contributed by atoms with Gasteiger partial charge in [-0.3, -0.25) is 4.79 Å². The molecule has 2 rings (SSSR count). The first kappa shape index (κ1) is 16.1. The number of likely N-dealkylation sites (N-methyl/N-ethyl adjacent to an activating group) is 1. The van der Waals surface area contributed by atoms with Crippen molar-refractivity contribution in [3.63, 3.8) is 0 Å². The van der Waals surface area contributed by atoms with Crippen molar-refractivity contribution in [3.8, 4) is 6.07 Å². The lowest BCUT2D eigenvalue weighted by molar-refractivity contribution is 0.0767. The zero-order valence-corrected chi connectivity index (χ0v) is 13.0. The van der Waals surface area contributed by atoms with Crippen molar-refractivity contribution in [2.75, 3.05) is 20.2 Å². The average molecular weight is 312 g/mol. The normalized spacial score (nSPS) is 10.0. The number of amides is 1. The Balaban J connectivity index is 2.13. The van der Waals surface area contributed by atoms with Crippen molar-refractivity contribution < 1.29 is 9.90 Å². The Kier molecular flexibility index (Phi) is 5.59. The summed E-state index contributed by atoms with van der Waals surface area (Å²) in [6.45, 7) is 0.256. The predicted octanol–water partition coefficient (Wildman–Crippen LogP) is 2.77. The minimum atomic E-state index is -0.122. The highest BCUT2D eigenvalue weighted by Crippen LogP contribution is 2.30. The number of nitriles is 1. The summed E-state index contributed by atoms with van der Waals surface area (Å²) in [6.07, 6.45) is 0. The summed E-state index contributed by atoms with van der Waals surface area (Å²) < 4.78 is 0. The number of rotatable bonds is 5. The van der Waals surface area contributed by atoms with E-state index in [4.69, 9.17) is 10.4 Å². The Hall–Kier alpha value is -2.29. The fourth-order valence-electron chi connectivity index (χ4n) is 1.91. The highest BCUT2D eigenvalue weighted by molar-refractivity contribution is 7.99. The summed E-state index contributed by atoms with van der Waals surface area (Å²) in [5.74, 6) is -0.122. The number of carbonyl (C=O) groups is 1. The maximum absolute atomic E-state index is 12.1. The summed E-state index contributed by atoms with van der Waals surface area (Å²) in [4.78, 5) is 15.4. The summed E-state index contributed by atoms with van der Waals surface area (Å²) in [5.41, 5.74) is 1.21. The van der Waals surface area contributed by atoms with Crippen LogP contribution < -0.4 is 0 Å². The van der Waals surface area contributed by atoms with Gasteiger partial charge in [-0.1, -0.05) is 23.9 Å². The molecule has 0 heterocycles. The maximum atomic E-state index is 12.1. The second-order valence-corrected chi connectivity index (χ2v) is 5.80. The zero-order valence-electron chi connectivity index (χ0n) is 12.2. The second-order valence-electron chi connectivity index (χ2n) is 4.68. The van der Waals surface area contributed by atoms with Crippen molar-refractivity contribution in [2.24, 2.45) is 0 Å². The molecule has 4 nitrogen and oxygen atoms in total. The fraction of sp³-hybridized carbons (Fsp3) is 0.176. The van der Waals surface area contributed by atoms with Gasteiger partial charge in [0, 0.05) is 28.9 Å². The van der Waals surface area contributed by atoms with Crippen LogP contribution >= 0.6 is 11.8 Å². The van der Waals surface area contributed by atoms with Gasteiger partial charge in [0.2, 0.25) is 0 Å². The summed E-state index contributed by atoms with van der Waals surface area (Å²) >= 11 is 1.49. The molecule has 0 aliphatic heterocycles. The number of hydrogen-bond donors (Lipinski definition) is 1. The van der Waals surface area contributed by atoms with Crippen molar-refractivity contribution in [3.05, 3.63) is 59.7 Å². The highest BCUT2D eigenvalue weighted by atomic mass is 32.2. The molecule has 0 aliphatic carbocycles. The van der Waals surface area contributed by atoms with E-state index in [1.54, 1.807) is 25.2 Å². The van der Waals surface area contributed by atoms with Gasteiger partial charge in [-0.05, 0) is 36.4 Å². The fourth-order valence-corrected chi connectivity index (χ4v) is 2.81. The van der Waals surface area contributed by atoms with Crippen LogP contribution in [-0.4, -0.2) is 36.1 Å². The van der Waals surface area contributed by atoms with E-state index < -0.39 is 0 Å². The first-order valence-electron chi connectivity index (χ1n) is 6.79. The van der Waals surface area contributed by atoms with Crippen LogP contribution in [0, 0.1) is 11.3 Å². The minimum Gasteiger partial charge on any atom is -0.395 e. The number of aliphatic hydroxyl groups excluding tert-OH is 1. The van der Waals surface area contributed by atoms with E-state index in [0.29, 0.717) is 17.7 Å². The lowest BCUT2D eigenvalue weighted by Crippen LogP contribution is -2.29. The van der Waals surface area contributed by atoms with Gasteiger partial charge in [-0.2, -0.15) is 5.26 Å². The molecule has 0 radical (unpaired) electrons. The lowest BCUT2D eigenvalue weighted by atomic mass is 10.2. The van der Waals surface area contributed by atoms with Gasteiger partial charge < -0.3 is 10.0 Å². The molecule has 1 N–H and O–H groups in total. The van der Waals surface area contributed by atoms with E-state index in [1.165, 1.54) is 16.7 Å². The molecule has 0 atom stereocenters. The van der Waals surface area contributed by atoms with Crippen molar-refractivity contribution in [1.29, 1.82) is 5.26 Å². The number of nitrogens with zero attached hydrogens (tertiary/aromatic N) is 2. The van der Waals surface area contributed by atoms with Crippen molar-refractivity contribution >= 4 is 17.7 Å². The van der Waals surface area contributed by atoms with Crippen LogP contribution in [-0.2, 0) is 0 Å². The van der Waals surface area contributed by atoms with Crippen molar-refractivity contribution in [2.45, 2.75) is 9.79 Å². The van der Waals surface area contributed by atoms with E-state index in [0.717, 1.165) is 9.79 Å². The summed E-state index contributed by atoms with van der Waals surface area (Å²) in [6, 6.07) is 16.8. The van der Waals surface area contributed by atoms with Gasteiger partial charge in [0.25, 0.3) is 5.91 Å². The smallest absolute Gasteiger partial charge is 0.253 e. The molecule has 0 saturated carbocycles. The van der Waals surface area contributed by atoms with Gasteiger partial charge in [0.05, 0.1) is 12.2 Å². The van der Waals surface area contributed by atoms with Crippen LogP contribution in [0.15, 0.2) is 58.3 Å². The van der Waals surface area contributed by atoms with Crippen molar-refractivity contribution in [1.82, 2.24) is 4.90 Å². The Morgan fingerprint density at radius 1 is 1.23 bits per heavy atom. The molecule has 0 unspecified atom stereocenters. The maximum Gasteiger partial charge on any atom is 0.253 e. The molecule has 0 aliphatic rings. The number of carbonyl (C=O) groups excluding carboxylic acids is 1. The number of benzene rings is 2. The topological polar surface area (TPSA) is 64.3 Å². The molecule has 112 valence electrons. The SMILES string of the molecule is CN(CCO)C(=O)c1ccc(Sc2ccccc2C#N)cc1. The first-order chi connectivity index (χ1) is 10.7. The molecule has 2 aromatic carbocycles. The quantitative estimate of drug-likeness (QED) is 0.922. The third kappa shape index (κ3) is 3.88. The zero-order chi connectivity index (χ0) is 15.9. The van der Waals surface area contributed by atoms with Crippen LogP contribution in [0.1, 0.15) is 15.9 Å². The third-order valence-corrected chi connectivity index (χ3v) is 4.20. The van der Waals surface area contributed by atoms with Crippen LogP contribution in [0.2, 0.25) is 0 Å². The molecule has 2 aromatic rings.